The van der Waals surface area contributed by atoms with E-state index in [4.69, 9.17) is 0 Å². The lowest BCUT2D eigenvalue weighted by Gasteiger charge is -2.57. The van der Waals surface area contributed by atoms with Crippen molar-refractivity contribution in [3.05, 3.63) is 42.0 Å². The van der Waals surface area contributed by atoms with Crippen molar-refractivity contribution in [2.75, 3.05) is 45.8 Å². The smallest absolute Gasteiger partial charge is 0.243 e. The summed E-state index contributed by atoms with van der Waals surface area (Å²) in [4.78, 5) is 17.7. The standard InChI is InChI=1S/C26H39N3O3S/c1-20(2)25(30)28(19-21-10-11-22-18-24(21)26(22,3)4)15-12-27-13-16-29(17-14-27)33(31,32)23-8-6-5-7-9-23/h5-10,20,22,24H,11-19H2,1-4H3. The van der Waals surface area contributed by atoms with Crippen LogP contribution in [0.3, 0.4) is 0 Å². The van der Waals surface area contributed by atoms with Gasteiger partial charge in [-0.15, -0.1) is 0 Å². The number of rotatable bonds is 8. The fourth-order valence-corrected chi connectivity index (χ4v) is 7.15. The first-order valence-electron chi connectivity index (χ1n) is 12.4. The molecule has 1 saturated carbocycles. The van der Waals surface area contributed by atoms with Gasteiger partial charge < -0.3 is 4.90 Å². The van der Waals surface area contributed by atoms with Gasteiger partial charge in [0, 0.05) is 51.7 Å². The van der Waals surface area contributed by atoms with Crippen molar-refractivity contribution < 1.29 is 13.2 Å². The van der Waals surface area contributed by atoms with Crippen molar-refractivity contribution in [3.63, 3.8) is 0 Å². The minimum absolute atomic E-state index is 0.0239. The topological polar surface area (TPSA) is 60.9 Å². The van der Waals surface area contributed by atoms with Gasteiger partial charge in [0.25, 0.3) is 0 Å². The van der Waals surface area contributed by atoms with Gasteiger partial charge in [-0.25, -0.2) is 8.42 Å². The van der Waals surface area contributed by atoms with Crippen molar-refractivity contribution in [1.29, 1.82) is 0 Å². The summed E-state index contributed by atoms with van der Waals surface area (Å²) in [5.74, 6) is 1.58. The molecule has 1 aromatic carbocycles. The summed E-state index contributed by atoms with van der Waals surface area (Å²) in [6.07, 6.45) is 4.79. The van der Waals surface area contributed by atoms with Gasteiger partial charge in [-0.05, 0) is 42.2 Å². The number of carbonyl (C=O) groups is 1. The molecule has 2 bridgehead atoms. The van der Waals surface area contributed by atoms with E-state index in [-0.39, 0.29) is 11.8 Å². The number of benzene rings is 1. The summed E-state index contributed by atoms with van der Waals surface area (Å²) in [5, 5.41) is 0. The maximum Gasteiger partial charge on any atom is 0.243 e. The summed E-state index contributed by atoms with van der Waals surface area (Å²) in [6, 6.07) is 8.66. The van der Waals surface area contributed by atoms with Crippen molar-refractivity contribution in [2.24, 2.45) is 23.2 Å². The Morgan fingerprint density at radius 3 is 2.36 bits per heavy atom. The quantitative estimate of drug-likeness (QED) is 0.543. The predicted octanol–water partition coefficient (Wildman–Crippen LogP) is 3.47. The molecule has 1 aromatic rings. The van der Waals surface area contributed by atoms with Crippen LogP contribution in [0.25, 0.3) is 0 Å². The van der Waals surface area contributed by atoms with Crippen molar-refractivity contribution in [2.45, 2.75) is 45.4 Å². The lowest BCUT2D eigenvalue weighted by atomic mass is 9.49. The number of hydrogen-bond donors (Lipinski definition) is 0. The van der Waals surface area contributed by atoms with Crippen LogP contribution in [-0.2, 0) is 14.8 Å². The minimum atomic E-state index is -3.44. The first-order chi connectivity index (χ1) is 15.6. The molecule has 33 heavy (non-hydrogen) atoms. The molecule has 0 N–H and O–H groups in total. The molecule has 4 aliphatic rings. The molecule has 0 radical (unpaired) electrons. The van der Waals surface area contributed by atoms with Gasteiger partial charge in [-0.2, -0.15) is 4.31 Å². The average Bonchev–Trinajstić information content (AvgIpc) is 2.82. The third-order valence-electron chi connectivity index (χ3n) is 8.16. The Morgan fingerprint density at radius 1 is 1.12 bits per heavy atom. The van der Waals surface area contributed by atoms with E-state index >= 15 is 0 Å². The number of allylic oxidation sites excluding steroid dienone is 1. The fourth-order valence-electron chi connectivity index (χ4n) is 5.71. The molecule has 2 unspecified atom stereocenters. The highest BCUT2D eigenvalue weighted by Crippen LogP contribution is 2.59. The second-order valence-corrected chi connectivity index (χ2v) is 12.7. The molecular weight excluding hydrogens is 434 g/mol. The van der Waals surface area contributed by atoms with Crippen LogP contribution in [0.5, 0.6) is 0 Å². The lowest BCUT2D eigenvalue weighted by Crippen LogP contribution is -2.52. The molecule has 1 saturated heterocycles. The van der Waals surface area contributed by atoms with Gasteiger partial charge >= 0.3 is 0 Å². The van der Waals surface area contributed by atoms with Crippen molar-refractivity contribution in [3.8, 4) is 0 Å². The summed E-state index contributed by atoms with van der Waals surface area (Å²) in [7, 11) is -3.44. The third kappa shape index (κ3) is 4.91. The molecule has 182 valence electrons. The Hall–Kier alpha value is -1.70. The number of hydrogen-bond acceptors (Lipinski definition) is 4. The van der Waals surface area contributed by atoms with E-state index in [0.717, 1.165) is 25.4 Å². The van der Waals surface area contributed by atoms with Gasteiger partial charge in [0.1, 0.15) is 0 Å². The van der Waals surface area contributed by atoms with Gasteiger partial charge in [-0.1, -0.05) is 57.5 Å². The minimum Gasteiger partial charge on any atom is -0.337 e. The first-order valence-corrected chi connectivity index (χ1v) is 13.8. The normalized spacial score (nSPS) is 25.4. The second-order valence-electron chi connectivity index (χ2n) is 10.8. The summed E-state index contributed by atoms with van der Waals surface area (Å²) in [6.45, 7) is 13.2. The predicted molar refractivity (Wildman–Crippen MR) is 131 cm³/mol. The summed E-state index contributed by atoms with van der Waals surface area (Å²) >= 11 is 0. The molecule has 0 spiro atoms. The van der Waals surface area contributed by atoms with Gasteiger partial charge in [-0.3, -0.25) is 9.69 Å². The van der Waals surface area contributed by atoms with Crippen LogP contribution in [0.2, 0.25) is 0 Å². The van der Waals surface area contributed by atoms with Crippen molar-refractivity contribution in [1.82, 2.24) is 14.1 Å². The van der Waals surface area contributed by atoms with E-state index in [1.165, 1.54) is 12.0 Å². The van der Waals surface area contributed by atoms with Gasteiger partial charge in [0.2, 0.25) is 15.9 Å². The lowest BCUT2D eigenvalue weighted by molar-refractivity contribution is -0.134. The van der Waals surface area contributed by atoms with Crippen LogP contribution < -0.4 is 0 Å². The zero-order valence-corrected chi connectivity index (χ0v) is 21.4. The maximum absolute atomic E-state index is 13.0. The van der Waals surface area contributed by atoms with Gasteiger partial charge in [0.15, 0.2) is 0 Å². The number of amides is 1. The summed E-state index contributed by atoms with van der Waals surface area (Å²) < 4.78 is 27.3. The zero-order chi connectivity index (χ0) is 23.8. The molecule has 5 rings (SSSR count). The average molecular weight is 474 g/mol. The van der Waals surface area contributed by atoms with E-state index in [1.54, 1.807) is 28.6 Å². The molecule has 1 amide bonds. The Labute approximate surface area is 199 Å². The molecule has 1 heterocycles. The molecule has 0 aromatic heterocycles. The molecule has 3 aliphatic carbocycles. The highest BCUT2D eigenvalue weighted by atomic mass is 32.2. The molecule has 1 aliphatic heterocycles. The SMILES string of the molecule is CC(C)C(=O)N(CCN1CCN(S(=O)(=O)c2ccccc2)CC1)CC1=CCC2CC1C2(C)C. The van der Waals surface area contributed by atoms with Crippen LogP contribution in [0.1, 0.15) is 40.5 Å². The van der Waals surface area contributed by atoms with E-state index in [1.807, 2.05) is 24.8 Å². The monoisotopic (exact) mass is 473 g/mol. The molecule has 7 heteroatoms. The summed E-state index contributed by atoms with van der Waals surface area (Å²) in [5.41, 5.74) is 1.80. The highest BCUT2D eigenvalue weighted by molar-refractivity contribution is 7.89. The third-order valence-corrected chi connectivity index (χ3v) is 10.1. The fraction of sp³-hybridized carbons (Fsp3) is 0.654. The Kier molecular flexibility index (Phi) is 7.04. The Balaban J connectivity index is 1.33. The van der Waals surface area contributed by atoms with E-state index in [2.05, 4.69) is 24.8 Å². The number of sulfonamides is 1. The number of nitrogens with zero attached hydrogens (tertiary/aromatic N) is 3. The van der Waals surface area contributed by atoms with Crippen LogP contribution in [-0.4, -0.2) is 74.2 Å². The van der Waals surface area contributed by atoms with Crippen molar-refractivity contribution >= 4 is 15.9 Å². The maximum atomic E-state index is 13.0. The molecular formula is C26H39N3O3S. The molecule has 6 nitrogen and oxygen atoms in total. The van der Waals surface area contributed by atoms with Crippen LogP contribution >= 0.6 is 0 Å². The number of piperazine rings is 1. The van der Waals surface area contributed by atoms with E-state index in [9.17, 15) is 13.2 Å². The molecule has 2 atom stereocenters. The number of carbonyl (C=O) groups excluding carboxylic acids is 1. The van der Waals surface area contributed by atoms with E-state index < -0.39 is 10.0 Å². The highest BCUT2D eigenvalue weighted by Gasteiger charge is 2.51. The first kappa shape index (κ1) is 24.4. The second kappa shape index (κ2) is 9.51. The zero-order valence-electron chi connectivity index (χ0n) is 20.5. The molecule has 2 fully saturated rings. The Bertz CT molecular complexity index is 979. The Morgan fingerprint density at radius 2 is 1.79 bits per heavy atom. The van der Waals surface area contributed by atoms with E-state index in [0.29, 0.717) is 49.0 Å². The van der Waals surface area contributed by atoms with Crippen LogP contribution in [0, 0.1) is 23.2 Å². The number of fused-ring (bicyclic) bond motifs is 1. The van der Waals surface area contributed by atoms with Gasteiger partial charge in [0.05, 0.1) is 4.90 Å². The largest absolute Gasteiger partial charge is 0.337 e. The van der Waals surface area contributed by atoms with Crippen LogP contribution in [0.15, 0.2) is 46.9 Å². The van der Waals surface area contributed by atoms with Crippen LogP contribution in [0.4, 0.5) is 0 Å².